The van der Waals surface area contributed by atoms with Gasteiger partial charge in [-0.2, -0.15) is 0 Å². The Balaban J connectivity index is 4.32. The van der Waals surface area contributed by atoms with E-state index in [1.807, 2.05) is 0 Å². The SMILES string of the molecule is CCC[O][Ge]([CH2]CC)([O]CCC)[O]CCC. The van der Waals surface area contributed by atoms with Gasteiger partial charge in [0.2, 0.25) is 0 Å². The first kappa shape index (κ1) is 16.4. The van der Waals surface area contributed by atoms with E-state index in [1.165, 1.54) is 0 Å². The molecule has 0 saturated heterocycles. The standard InChI is InChI=1S/C12H28GeO3/c1-5-9-13(14-10-6-2,15-11-7-3)16-12-8-4/h5-12H2,1-4H3. The van der Waals surface area contributed by atoms with E-state index in [0.29, 0.717) is 0 Å². The van der Waals surface area contributed by atoms with Gasteiger partial charge in [-0.15, -0.1) is 0 Å². The summed E-state index contributed by atoms with van der Waals surface area (Å²) in [7, 11) is 0. The van der Waals surface area contributed by atoms with Crippen LogP contribution in [0.3, 0.4) is 0 Å². The molecule has 0 unspecified atom stereocenters. The predicted molar refractivity (Wildman–Crippen MR) is 69.6 cm³/mol. The van der Waals surface area contributed by atoms with Crippen LogP contribution < -0.4 is 0 Å². The zero-order valence-corrected chi connectivity index (χ0v) is 13.5. The maximum atomic E-state index is 5.97. The average Bonchev–Trinajstić information content (AvgIpc) is 2.31. The van der Waals surface area contributed by atoms with Crippen LogP contribution in [0.4, 0.5) is 0 Å². The zero-order valence-electron chi connectivity index (χ0n) is 11.4. The average molecular weight is 293 g/mol. The minimum absolute atomic E-state index is 0.771. The van der Waals surface area contributed by atoms with Crippen LogP contribution in [0.15, 0.2) is 0 Å². The van der Waals surface area contributed by atoms with Gasteiger partial charge in [-0.25, -0.2) is 0 Å². The van der Waals surface area contributed by atoms with Gasteiger partial charge in [-0.1, -0.05) is 0 Å². The van der Waals surface area contributed by atoms with Crippen LogP contribution in [0.25, 0.3) is 0 Å². The third-order valence-electron chi connectivity index (χ3n) is 2.13. The van der Waals surface area contributed by atoms with Gasteiger partial charge in [0.15, 0.2) is 0 Å². The van der Waals surface area contributed by atoms with E-state index < -0.39 is 14.3 Å². The second-order valence-corrected chi connectivity index (χ2v) is 9.71. The molecule has 0 saturated carbocycles. The molecule has 0 amide bonds. The van der Waals surface area contributed by atoms with E-state index in [0.717, 1.165) is 50.8 Å². The summed E-state index contributed by atoms with van der Waals surface area (Å²) < 4.78 is 17.9. The fourth-order valence-electron chi connectivity index (χ4n) is 1.42. The molecule has 0 spiro atoms. The molecule has 0 rings (SSSR count). The molecule has 16 heavy (non-hydrogen) atoms. The van der Waals surface area contributed by atoms with Gasteiger partial charge in [-0.05, 0) is 0 Å². The second-order valence-electron chi connectivity index (χ2n) is 3.98. The Morgan fingerprint density at radius 3 is 1.25 bits per heavy atom. The van der Waals surface area contributed by atoms with Crippen LogP contribution in [-0.4, -0.2) is 34.1 Å². The summed E-state index contributed by atoms with van der Waals surface area (Å²) in [6.45, 7) is 10.9. The number of hydrogen-bond donors (Lipinski definition) is 0. The maximum absolute atomic E-state index is 5.97. The van der Waals surface area contributed by atoms with Gasteiger partial charge in [0, 0.05) is 0 Å². The summed E-state index contributed by atoms with van der Waals surface area (Å²) in [6, 6.07) is 0. The van der Waals surface area contributed by atoms with Gasteiger partial charge < -0.3 is 0 Å². The summed E-state index contributed by atoms with van der Waals surface area (Å²) in [5.74, 6) is 0. The number of hydrogen-bond acceptors (Lipinski definition) is 3. The number of rotatable bonds is 11. The Hall–Kier alpha value is 0.423. The van der Waals surface area contributed by atoms with Crippen molar-refractivity contribution in [3.05, 3.63) is 0 Å². The van der Waals surface area contributed by atoms with E-state index >= 15 is 0 Å². The molecule has 0 aliphatic carbocycles. The Morgan fingerprint density at radius 2 is 1.00 bits per heavy atom. The summed E-state index contributed by atoms with van der Waals surface area (Å²) >= 11 is -2.91. The van der Waals surface area contributed by atoms with Crippen molar-refractivity contribution in [2.45, 2.75) is 58.6 Å². The fourth-order valence-corrected chi connectivity index (χ4v) is 7.38. The van der Waals surface area contributed by atoms with Gasteiger partial charge >= 0.3 is 104 Å². The van der Waals surface area contributed by atoms with E-state index in [9.17, 15) is 0 Å². The van der Waals surface area contributed by atoms with Crippen molar-refractivity contribution >= 4 is 14.3 Å². The molecule has 0 aliphatic rings. The van der Waals surface area contributed by atoms with E-state index in [-0.39, 0.29) is 0 Å². The first-order chi connectivity index (χ1) is 7.74. The molecule has 0 heterocycles. The van der Waals surface area contributed by atoms with E-state index in [4.69, 9.17) is 11.3 Å². The quantitative estimate of drug-likeness (QED) is 0.545. The molecule has 0 radical (unpaired) electrons. The molecule has 0 aromatic carbocycles. The molecule has 0 aromatic heterocycles. The van der Waals surface area contributed by atoms with Crippen molar-refractivity contribution < 1.29 is 11.3 Å². The third kappa shape index (κ3) is 6.89. The van der Waals surface area contributed by atoms with Crippen molar-refractivity contribution in [3.8, 4) is 0 Å². The van der Waals surface area contributed by atoms with Crippen LogP contribution in [0, 0.1) is 0 Å². The van der Waals surface area contributed by atoms with Crippen molar-refractivity contribution in [2.24, 2.45) is 0 Å². The summed E-state index contributed by atoms with van der Waals surface area (Å²) in [5, 5.41) is 0.986. The summed E-state index contributed by atoms with van der Waals surface area (Å²) in [6.07, 6.45) is 4.17. The van der Waals surface area contributed by atoms with Crippen LogP contribution in [0.1, 0.15) is 53.4 Å². The van der Waals surface area contributed by atoms with Crippen molar-refractivity contribution in [2.75, 3.05) is 19.8 Å². The molecule has 4 heteroatoms. The van der Waals surface area contributed by atoms with Crippen LogP contribution in [0.5, 0.6) is 0 Å². The first-order valence-corrected chi connectivity index (χ1v) is 10.7. The topological polar surface area (TPSA) is 27.7 Å². The molecular weight excluding hydrogens is 265 g/mol. The predicted octanol–water partition coefficient (Wildman–Crippen LogP) is 3.62. The summed E-state index contributed by atoms with van der Waals surface area (Å²) in [5.41, 5.74) is 0. The molecule has 0 aromatic rings. The van der Waals surface area contributed by atoms with Gasteiger partial charge in [0.25, 0.3) is 0 Å². The second kappa shape index (κ2) is 10.6. The Morgan fingerprint density at radius 1 is 0.625 bits per heavy atom. The Kier molecular flexibility index (Phi) is 10.8. The summed E-state index contributed by atoms with van der Waals surface area (Å²) in [4.78, 5) is 0. The molecule has 0 aliphatic heterocycles. The molecule has 0 atom stereocenters. The van der Waals surface area contributed by atoms with Gasteiger partial charge in [-0.3, -0.25) is 0 Å². The molecule has 0 N–H and O–H groups in total. The van der Waals surface area contributed by atoms with Gasteiger partial charge in [0.1, 0.15) is 0 Å². The molecule has 0 fully saturated rings. The normalized spacial score (nSPS) is 12.0. The zero-order chi connectivity index (χ0) is 12.3. The van der Waals surface area contributed by atoms with Crippen LogP contribution in [-0.2, 0) is 11.3 Å². The van der Waals surface area contributed by atoms with Crippen LogP contribution >= 0.6 is 0 Å². The monoisotopic (exact) mass is 294 g/mol. The van der Waals surface area contributed by atoms with Gasteiger partial charge in [0.05, 0.1) is 0 Å². The van der Waals surface area contributed by atoms with E-state index in [2.05, 4.69) is 27.7 Å². The first-order valence-electron chi connectivity index (χ1n) is 6.66. The van der Waals surface area contributed by atoms with Crippen molar-refractivity contribution in [1.29, 1.82) is 0 Å². The van der Waals surface area contributed by atoms with Crippen LogP contribution in [0.2, 0.25) is 5.25 Å². The Labute approximate surface area is 104 Å². The van der Waals surface area contributed by atoms with Crippen molar-refractivity contribution in [1.82, 2.24) is 0 Å². The molecule has 0 bridgehead atoms. The fraction of sp³-hybridized carbons (Fsp3) is 1.00. The van der Waals surface area contributed by atoms with Crippen molar-refractivity contribution in [3.63, 3.8) is 0 Å². The van der Waals surface area contributed by atoms with E-state index in [1.54, 1.807) is 0 Å². The molecule has 98 valence electrons. The molecular formula is C12H28GeO3. The minimum atomic E-state index is -2.91. The third-order valence-corrected chi connectivity index (χ3v) is 8.52. The Bertz CT molecular complexity index is 131. The molecule has 3 nitrogen and oxygen atoms in total.